The normalized spacial score (nSPS) is 12.2. The highest BCUT2D eigenvalue weighted by Crippen LogP contribution is 2.24. The van der Waals surface area contributed by atoms with Crippen LogP contribution < -0.4 is 5.73 Å². The zero-order chi connectivity index (χ0) is 19.2. The van der Waals surface area contributed by atoms with Crippen LogP contribution in [0.1, 0.15) is 23.9 Å². The Balaban J connectivity index is 2.06. The topological polar surface area (TPSA) is 89.7 Å². The molecule has 0 aliphatic rings. The molecule has 1 heterocycles. The molecule has 2 N–H and O–H groups in total. The minimum absolute atomic E-state index is 0.0794. The molecule has 2 aromatic carbocycles. The van der Waals surface area contributed by atoms with Crippen molar-refractivity contribution in [1.82, 2.24) is 10.2 Å². The molecule has 0 fully saturated rings. The zero-order valence-corrected chi connectivity index (χ0v) is 14.8. The second-order valence-electron chi connectivity index (χ2n) is 5.56. The van der Waals surface area contributed by atoms with Gasteiger partial charge in [-0.25, -0.2) is 9.98 Å². The summed E-state index contributed by atoms with van der Waals surface area (Å²) in [6.45, 7) is 5.28. The summed E-state index contributed by atoms with van der Waals surface area (Å²) in [6.07, 6.45) is 5.57. The van der Waals surface area contributed by atoms with Crippen LogP contribution in [0.15, 0.2) is 74.8 Å². The van der Waals surface area contributed by atoms with Crippen molar-refractivity contribution in [1.29, 1.82) is 0 Å². The van der Waals surface area contributed by atoms with E-state index in [0.717, 1.165) is 16.7 Å². The molecule has 3 aromatic rings. The first-order valence-electron chi connectivity index (χ1n) is 8.11. The molecule has 3 rings (SSSR count). The maximum Gasteiger partial charge on any atom is 0.270 e. The Bertz CT molecular complexity index is 1070. The Hall–Kier alpha value is -3.98. The molecule has 132 valence electrons. The number of aliphatic imine (C=N–C) groups is 2. The monoisotopic (exact) mass is 355 g/mol. The van der Waals surface area contributed by atoms with Crippen molar-refractivity contribution in [2.45, 2.75) is 6.92 Å². The highest BCUT2D eigenvalue weighted by molar-refractivity contribution is 6.03. The van der Waals surface area contributed by atoms with Crippen LogP contribution in [0.2, 0.25) is 0 Å². The number of rotatable bonds is 5. The van der Waals surface area contributed by atoms with Gasteiger partial charge in [-0.1, -0.05) is 42.3 Å². The van der Waals surface area contributed by atoms with Crippen LogP contribution in [-0.2, 0) is 0 Å². The number of benzene rings is 2. The van der Waals surface area contributed by atoms with Crippen molar-refractivity contribution in [3.05, 3.63) is 77.4 Å². The van der Waals surface area contributed by atoms with Gasteiger partial charge < -0.3 is 10.2 Å². The SMILES string of the molecule is C#Cc1ccccc1/C(C)=N/C(=C(/N)N=C)c1nnc(-c2ccccc2)o1. The summed E-state index contributed by atoms with van der Waals surface area (Å²) in [7, 11) is 0. The summed E-state index contributed by atoms with van der Waals surface area (Å²) in [5.74, 6) is 3.23. The Labute approximate surface area is 157 Å². The van der Waals surface area contributed by atoms with E-state index in [9.17, 15) is 0 Å². The fourth-order valence-electron chi connectivity index (χ4n) is 2.46. The molecule has 0 atom stereocenters. The first-order valence-corrected chi connectivity index (χ1v) is 8.11. The van der Waals surface area contributed by atoms with Crippen LogP contribution in [0, 0.1) is 12.3 Å². The predicted molar refractivity (Wildman–Crippen MR) is 107 cm³/mol. The van der Waals surface area contributed by atoms with E-state index in [1.807, 2.05) is 61.5 Å². The van der Waals surface area contributed by atoms with Crippen molar-refractivity contribution >= 4 is 18.1 Å². The van der Waals surface area contributed by atoms with Gasteiger partial charge in [-0.2, -0.15) is 0 Å². The number of aromatic nitrogens is 2. The molecule has 27 heavy (non-hydrogen) atoms. The largest absolute Gasteiger partial charge is 0.414 e. The highest BCUT2D eigenvalue weighted by Gasteiger charge is 2.16. The third kappa shape index (κ3) is 3.83. The second-order valence-corrected chi connectivity index (χ2v) is 5.56. The van der Waals surface area contributed by atoms with Crippen LogP contribution in [0.4, 0.5) is 0 Å². The standard InChI is InChI=1S/C21H17N5O/c1-4-15-10-8-9-13-17(15)14(2)24-18(19(22)23-3)21-26-25-20(27-21)16-11-6-5-7-12-16/h1,5-13H,3,22H2,2H3/b19-18-,24-14+. The van der Waals surface area contributed by atoms with Gasteiger partial charge in [-0.05, 0) is 31.8 Å². The molecule has 6 nitrogen and oxygen atoms in total. The van der Waals surface area contributed by atoms with Gasteiger partial charge >= 0.3 is 0 Å². The lowest BCUT2D eigenvalue weighted by atomic mass is 10.0. The fraction of sp³-hybridized carbons (Fsp3) is 0.0476. The van der Waals surface area contributed by atoms with E-state index in [2.05, 4.69) is 32.8 Å². The van der Waals surface area contributed by atoms with E-state index in [1.165, 1.54) is 0 Å². The number of nitrogens with zero attached hydrogens (tertiary/aromatic N) is 4. The Morgan fingerprint density at radius 3 is 2.52 bits per heavy atom. The van der Waals surface area contributed by atoms with E-state index in [1.54, 1.807) is 0 Å². The van der Waals surface area contributed by atoms with Gasteiger partial charge in [0.25, 0.3) is 5.89 Å². The van der Waals surface area contributed by atoms with E-state index in [4.69, 9.17) is 16.6 Å². The van der Waals surface area contributed by atoms with Crippen molar-refractivity contribution in [2.75, 3.05) is 0 Å². The maximum atomic E-state index is 5.97. The van der Waals surface area contributed by atoms with Crippen molar-refractivity contribution < 1.29 is 4.42 Å². The average molecular weight is 355 g/mol. The van der Waals surface area contributed by atoms with E-state index < -0.39 is 0 Å². The van der Waals surface area contributed by atoms with Gasteiger partial charge in [-0.15, -0.1) is 16.6 Å². The van der Waals surface area contributed by atoms with Gasteiger partial charge in [0.2, 0.25) is 5.89 Å². The minimum Gasteiger partial charge on any atom is -0.414 e. The van der Waals surface area contributed by atoms with Crippen LogP contribution >= 0.6 is 0 Å². The van der Waals surface area contributed by atoms with Crippen LogP contribution in [0.3, 0.4) is 0 Å². The molecule has 0 saturated carbocycles. The summed E-state index contributed by atoms with van der Waals surface area (Å²) in [4.78, 5) is 8.32. The summed E-state index contributed by atoms with van der Waals surface area (Å²) in [5.41, 5.74) is 9.17. The summed E-state index contributed by atoms with van der Waals surface area (Å²) >= 11 is 0. The molecule has 0 amide bonds. The van der Waals surface area contributed by atoms with Gasteiger partial charge in [0.05, 0.1) is 0 Å². The fourth-order valence-corrected chi connectivity index (χ4v) is 2.46. The summed E-state index contributed by atoms with van der Waals surface area (Å²) in [6, 6.07) is 16.9. The second kappa shape index (κ2) is 7.93. The third-order valence-electron chi connectivity index (χ3n) is 3.81. The molecule has 6 heteroatoms. The van der Waals surface area contributed by atoms with Crippen molar-refractivity contribution in [3.8, 4) is 23.8 Å². The Kier molecular flexibility index (Phi) is 5.24. The molecule has 0 aliphatic heterocycles. The zero-order valence-electron chi connectivity index (χ0n) is 14.8. The number of nitrogens with two attached hydrogens (primary N) is 1. The molecule has 0 spiro atoms. The molecule has 0 bridgehead atoms. The molecular formula is C21H17N5O. The summed E-state index contributed by atoms with van der Waals surface area (Å²) in [5, 5.41) is 8.13. The highest BCUT2D eigenvalue weighted by atomic mass is 16.4. The van der Waals surface area contributed by atoms with Gasteiger partial charge in [0.1, 0.15) is 0 Å². The Morgan fingerprint density at radius 2 is 1.81 bits per heavy atom. The van der Waals surface area contributed by atoms with E-state index >= 15 is 0 Å². The third-order valence-corrected chi connectivity index (χ3v) is 3.81. The lowest BCUT2D eigenvalue weighted by Crippen LogP contribution is -2.03. The lowest BCUT2D eigenvalue weighted by molar-refractivity contribution is 0.551. The minimum atomic E-state index is 0.0794. The summed E-state index contributed by atoms with van der Waals surface area (Å²) < 4.78 is 5.75. The van der Waals surface area contributed by atoms with Crippen molar-refractivity contribution in [3.63, 3.8) is 0 Å². The molecule has 0 saturated heterocycles. The van der Waals surface area contributed by atoms with Crippen molar-refractivity contribution in [2.24, 2.45) is 15.7 Å². The van der Waals surface area contributed by atoms with E-state index in [0.29, 0.717) is 11.6 Å². The molecule has 1 aromatic heterocycles. The first-order chi connectivity index (χ1) is 13.1. The number of hydrogen-bond donors (Lipinski definition) is 1. The molecule has 0 aliphatic carbocycles. The van der Waals surface area contributed by atoms with Gasteiger partial charge in [0, 0.05) is 22.4 Å². The van der Waals surface area contributed by atoms with Crippen LogP contribution in [0.5, 0.6) is 0 Å². The van der Waals surface area contributed by atoms with Gasteiger partial charge in [-0.3, -0.25) is 0 Å². The smallest absolute Gasteiger partial charge is 0.270 e. The molecule has 0 unspecified atom stereocenters. The molecular weight excluding hydrogens is 338 g/mol. The quantitative estimate of drug-likeness (QED) is 0.560. The number of hydrogen-bond acceptors (Lipinski definition) is 6. The van der Waals surface area contributed by atoms with Crippen LogP contribution in [-0.4, -0.2) is 22.6 Å². The maximum absolute atomic E-state index is 5.97. The first kappa shape index (κ1) is 17.8. The molecule has 0 radical (unpaired) electrons. The average Bonchev–Trinajstić information content (AvgIpc) is 3.21. The Morgan fingerprint density at radius 1 is 1.11 bits per heavy atom. The van der Waals surface area contributed by atoms with E-state index in [-0.39, 0.29) is 17.4 Å². The van der Waals surface area contributed by atoms with Gasteiger partial charge in [0.15, 0.2) is 11.5 Å². The predicted octanol–water partition coefficient (Wildman–Crippen LogP) is 3.51. The van der Waals surface area contributed by atoms with Crippen LogP contribution in [0.25, 0.3) is 17.2 Å². The lowest BCUT2D eigenvalue weighted by Gasteiger charge is -2.06. The number of terminal acetylenes is 1.